The summed E-state index contributed by atoms with van der Waals surface area (Å²) >= 11 is 1.16. The minimum atomic E-state index is -3.49. The zero-order valence-corrected chi connectivity index (χ0v) is 13.5. The normalized spacial score (nSPS) is 23.5. The minimum Gasteiger partial charge on any atom is -0.342 e. The summed E-state index contributed by atoms with van der Waals surface area (Å²) in [6, 6.07) is 3.42. The Hall–Kier alpha value is -0.880. The third-order valence-corrected chi connectivity index (χ3v) is 7.16. The van der Waals surface area contributed by atoms with Crippen LogP contribution in [0.3, 0.4) is 0 Å². The second-order valence-electron chi connectivity index (χ2n) is 5.52. The summed E-state index contributed by atoms with van der Waals surface area (Å²) in [5.74, 6) is -0.271. The van der Waals surface area contributed by atoms with E-state index in [1.807, 2.05) is 0 Å². The first-order valence-electron chi connectivity index (χ1n) is 6.94. The quantitative estimate of drug-likeness (QED) is 0.858. The van der Waals surface area contributed by atoms with Crippen LogP contribution in [-0.2, 0) is 14.6 Å². The van der Waals surface area contributed by atoms with Gasteiger partial charge in [0.25, 0.3) is 0 Å². The smallest absolute Gasteiger partial charge is 0.238 e. The molecule has 0 bridgehead atoms. The minimum absolute atomic E-state index is 0.176. The average Bonchev–Trinajstić information content (AvgIpc) is 2.92. The van der Waals surface area contributed by atoms with Gasteiger partial charge in [-0.1, -0.05) is 25.8 Å². The molecule has 0 saturated heterocycles. The maximum absolute atomic E-state index is 12.3. The van der Waals surface area contributed by atoms with Crippen LogP contribution >= 0.6 is 11.3 Å². The molecule has 1 fully saturated rings. The number of carbonyl (C=O) groups is 1. The number of sulfone groups is 1. The SMILES string of the molecule is CC1CCCCC1N(C)C(=O)CS(=O)(=O)c1cccs1. The van der Waals surface area contributed by atoms with Gasteiger partial charge in [-0.25, -0.2) is 8.42 Å². The topological polar surface area (TPSA) is 54.5 Å². The average molecular weight is 315 g/mol. The van der Waals surface area contributed by atoms with Gasteiger partial charge < -0.3 is 4.90 Å². The van der Waals surface area contributed by atoms with Crippen LogP contribution in [0.1, 0.15) is 32.6 Å². The van der Waals surface area contributed by atoms with Crippen molar-refractivity contribution >= 4 is 27.1 Å². The van der Waals surface area contributed by atoms with Gasteiger partial charge in [0, 0.05) is 13.1 Å². The van der Waals surface area contributed by atoms with Crippen molar-refractivity contribution in [3.05, 3.63) is 17.5 Å². The van der Waals surface area contributed by atoms with Gasteiger partial charge in [0.1, 0.15) is 9.96 Å². The van der Waals surface area contributed by atoms with Crippen molar-refractivity contribution in [1.29, 1.82) is 0 Å². The van der Waals surface area contributed by atoms with E-state index in [0.717, 1.165) is 30.6 Å². The monoisotopic (exact) mass is 315 g/mol. The Kier molecular flexibility index (Phi) is 4.86. The van der Waals surface area contributed by atoms with E-state index >= 15 is 0 Å². The first-order valence-corrected chi connectivity index (χ1v) is 9.47. The van der Waals surface area contributed by atoms with Crippen LogP contribution < -0.4 is 0 Å². The number of hydrogen-bond acceptors (Lipinski definition) is 4. The molecule has 20 heavy (non-hydrogen) atoms. The fourth-order valence-corrected chi connectivity index (χ4v) is 5.17. The van der Waals surface area contributed by atoms with Crippen LogP contribution in [-0.4, -0.2) is 38.1 Å². The second-order valence-corrected chi connectivity index (χ2v) is 8.69. The molecule has 112 valence electrons. The maximum Gasteiger partial charge on any atom is 0.238 e. The molecular weight excluding hydrogens is 294 g/mol. The summed E-state index contributed by atoms with van der Waals surface area (Å²) in [7, 11) is -1.76. The molecule has 0 N–H and O–H groups in total. The Labute approximate surface area is 124 Å². The van der Waals surface area contributed by atoms with Crippen molar-refractivity contribution in [3.63, 3.8) is 0 Å². The van der Waals surface area contributed by atoms with Crippen LogP contribution in [0.15, 0.2) is 21.7 Å². The highest BCUT2D eigenvalue weighted by atomic mass is 32.2. The summed E-state index contributed by atoms with van der Waals surface area (Å²) < 4.78 is 24.5. The summed E-state index contributed by atoms with van der Waals surface area (Å²) in [6.45, 7) is 2.14. The van der Waals surface area contributed by atoms with E-state index < -0.39 is 15.6 Å². The summed E-state index contributed by atoms with van der Waals surface area (Å²) in [5.41, 5.74) is 0. The van der Waals surface area contributed by atoms with Gasteiger partial charge in [0.05, 0.1) is 0 Å². The Balaban J connectivity index is 2.04. The molecule has 2 rings (SSSR count). The van der Waals surface area contributed by atoms with Crippen LogP contribution in [0.2, 0.25) is 0 Å². The molecule has 6 heteroatoms. The lowest BCUT2D eigenvalue weighted by Gasteiger charge is -2.36. The molecule has 1 saturated carbocycles. The lowest BCUT2D eigenvalue weighted by atomic mass is 9.85. The highest BCUT2D eigenvalue weighted by molar-refractivity contribution is 7.94. The van der Waals surface area contributed by atoms with Crippen LogP contribution in [0.5, 0.6) is 0 Å². The third kappa shape index (κ3) is 3.41. The van der Waals surface area contributed by atoms with E-state index in [1.54, 1.807) is 29.5 Å². The van der Waals surface area contributed by atoms with Gasteiger partial charge in [-0.2, -0.15) is 0 Å². The number of amides is 1. The number of nitrogens with zero attached hydrogens (tertiary/aromatic N) is 1. The molecule has 2 atom stereocenters. The highest BCUT2D eigenvalue weighted by Gasteiger charge is 2.30. The van der Waals surface area contributed by atoms with E-state index in [0.29, 0.717) is 5.92 Å². The second kappa shape index (κ2) is 6.26. The standard InChI is InChI=1S/C14H21NO3S2/c1-11-6-3-4-7-12(11)15(2)13(16)10-20(17,18)14-8-5-9-19-14/h5,8-9,11-12H,3-4,6-7,10H2,1-2H3. The third-order valence-electron chi connectivity index (χ3n) is 4.07. The Morgan fingerprint density at radius 2 is 2.10 bits per heavy atom. The molecule has 1 aromatic heterocycles. The first-order chi connectivity index (χ1) is 9.42. The van der Waals surface area contributed by atoms with E-state index in [-0.39, 0.29) is 16.2 Å². The molecule has 0 aromatic carbocycles. The molecule has 1 aliphatic carbocycles. The predicted octanol–water partition coefficient (Wildman–Crippen LogP) is 2.56. The highest BCUT2D eigenvalue weighted by Crippen LogP contribution is 2.28. The molecule has 0 aliphatic heterocycles. The van der Waals surface area contributed by atoms with Gasteiger partial charge in [0.15, 0.2) is 9.84 Å². The number of rotatable bonds is 4. The first kappa shape index (κ1) is 15.5. The van der Waals surface area contributed by atoms with Crippen molar-refractivity contribution in [3.8, 4) is 0 Å². The van der Waals surface area contributed by atoms with E-state index in [4.69, 9.17) is 0 Å². The van der Waals surface area contributed by atoms with E-state index in [9.17, 15) is 13.2 Å². The summed E-state index contributed by atoms with van der Waals surface area (Å²) in [5, 5.41) is 1.71. The van der Waals surface area contributed by atoms with Crippen molar-refractivity contribution in [2.45, 2.75) is 42.9 Å². The lowest BCUT2D eigenvalue weighted by Crippen LogP contribution is -2.44. The maximum atomic E-state index is 12.3. The molecule has 2 unspecified atom stereocenters. The van der Waals surface area contributed by atoms with Gasteiger partial charge in [-0.05, 0) is 30.2 Å². The lowest BCUT2D eigenvalue weighted by molar-refractivity contribution is -0.130. The molecule has 1 heterocycles. The molecule has 4 nitrogen and oxygen atoms in total. The number of hydrogen-bond donors (Lipinski definition) is 0. The van der Waals surface area contributed by atoms with Crippen LogP contribution in [0.4, 0.5) is 0 Å². The molecule has 0 radical (unpaired) electrons. The van der Waals surface area contributed by atoms with E-state index in [2.05, 4.69) is 6.92 Å². The molecule has 1 aliphatic rings. The number of thiophene rings is 1. The van der Waals surface area contributed by atoms with Gasteiger partial charge in [-0.15, -0.1) is 11.3 Å². The van der Waals surface area contributed by atoms with E-state index in [1.165, 1.54) is 6.42 Å². The molecular formula is C14H21NO3S2. The van der Waals surface area contributed by atoms with Crippen molar-refractivity contribution in [2.24, 2.45) is 5.92 Å². The largest absolute Gasteiger partial charge is 0.342 e. The Morgan fingerprint density at radius 1 is 1.40 bits per heavy atom. The fourth-order valence-electron chi connectivity index (χ4n) is 2.83. The van der Waals surface area contributed by atoms with Gasteiger partial charge >= 0.3 is 0 Å². The summed E-state index contributed by atoms with van der Waals surface area (Å²) in [4.78, 5) is 13.9. The zero-order valence-electron chi connectivity index (χ0n) is 11.9. The Bertz CT molecular complexity index is 551. The van der Waals surface area contributed by atoms with Crippen molar-refractivity contribution < 1.29 is 13.2 Å². The Morgan fingerprint density at radius 3 is 2.70 bits per heavy atom. The van der Waals surface area contributed by atoms with Gasteiger partial charge in [0.2, 0.25) is 5.91 Å². The fraction of sp³-hybridized carbons (Fsp3) is 0.643. The zero-order chi connectivity index (χ0) is 14.8. The molecule has 1 amide bonds. The number of carbonyl (C=O) groups excluding carboxylic acids is 1. The summed E-state index contributed by atoms with van der Waals surface area (Å²) in [6.07, 6.45) is 4.40. The molecule has 1 aromatic rings. The van der Waals surface area contributed by atoms with Gasteiger partial charge in [-0.3, -0.25) is 4.79 Å². The molecule has 0 spiro atoms. The predicted molar refractivity (Wildman–Crippen MR) is 80.6 cm³/mol. The van der Waals surface area contributed by atoms with Crippen LogP contribution in [0, 0.1) is 5.92 Å². The van der Waals surface area contributed by atoms with Crippen molar-refractivity contribution in [2.75, 3.05) is 12.8 Å². The van der Waals surface area contributed by atoms with Crippen molar-refractivity contribution in [1.82, 2.24) is 4.90 Å². The van der Waals surface area contributed by atoms with Crippen LogP contribution in [0.25, 0.3) is 0 Å².